The summed E-state index contributed by atoms with van der Waals surface area (Å²) in [5.74, 6) is -0.0125. The topological polar surface area (TPSA) is 102 Å². The Morgan fingerprint density at radius 3 is 2.96 bits per heavy atom. The highest BCUT2D eigenvalue weighted by Crippen LogP contribution is 2.26. The maximum absolute atomic E-state index is 12.7. The van der Waals surface area contributed by atoms with Gasteiger partial charge in [-0.1, -0.05) is 6.07 Å². The van der Waals surface area contributed by atoms with Gasteiger partial charge in [-0.25, -0.2) is 4.98 Å². The Morgan fingerprint density at radius 1 is 1.44 bits per heavy atom. The van der Waals surface area contributed by atoms with Crippen LogP contribution in [0.3, 0.4) is 0 Å². The molecular weight excluding hydrogens is 406 g/mol. The maximum atomic E-state index is 12.7. The van der Waals surface area contributed by atoms with Gasteiger partial charge in [0.1, 0.15) is 6.04 Å². The van der Waals surface area contributed by atoms with Crippen LogP contribution in [0, 0.1) is 4.77 Å². The lowest BCUT2D eigenvalue weighted by Crippen LogP contribution is -2.24. The number of aromatic nitrogens is 4. The summed E-state index contributed by atoms with van der Waals surface area (Å²) in [7, 11) is 0. The molecule has 2 N–H and O–H groups in total. The first-order valence-corrected chi connectivity index (χ1v) is 10.3. The SMILES string of the molecule is CCOC(=O)Cc1csc(NC(=O)C(C)n2c(-c3cccs3)n[nH]c2=S)n1. The van der Waals surface area contributed by atoms with Crippen LogP contribution >= 0.6 is 34.9 Å². The summed E-state index contributed by atoms with van der Waals surface area (Å²) >= 11 is 8.05. The molecule has 0 aromatic carbocycles. The number of hydrogen-bond acceptors (Lipinski definition) is 8. The number of esters is 1. The van der Waals surface area contributed by atoms with Crippen molar-refractivity contribution < 1.29 is 14.3 Å². The van der Waals surface area contributed by atoms with Crippen molar-refractivity contribution in [3.05, 3.63) is 33.4 Å². The van der Waals surface area contributed by atoms with Crippen molar-refractivity contribution in [2.24, 2.45) is 0 Å². The summed E-state index contributed by atoms with van der Waals surface area (Å²) < 4.78 is 6.93. The number of hydrogen-bond donors (Lipinski definition) is 2. The molecule has 3 rings (SSSR count). The van der Waals surface area contributed by atoms with E-state index in [0.29, 0.717) is 28.0 Å². The number of thiazole rings is 1. The van der Waals surface area contributed by atoms with Crippen LogP contribution in [0.4, 0.5) is 5.13 Å². The highest BCUT2D eigenvalue weighted by molar-refractivity contribution is 7.71. The van der Waals surface area contributed by atoms with Gasteiger partial charge in [-0.05, 0) is 37.5 Å². The van der Waals surface area contributed by atoms with E-state index in [0.717, 1.165) is 4.88 Å². The van der Waals surface area contributed by atoms with Gasteiger partial charge in [-0.2, -0.15) is 5.10 Å². The van der Waals surface area contributed by atoms with E-state index < -0.39 is 6.04 Å². The Balaban J connectivity index is 1.72. The van der Waals surface area contributed by atoms with Gasteiger partial charge in [0.15, 0.2) is 15.7 Å². The molecule has 0 saturated carbocycles. The number of aromatic amines is 1. The Kier molecular flexibility index (Phi) is 6.14. The quantitative estimate of drug-likeness (QED) is 0.446. The van der Waals surface area contributed by atoms with Crippen LogP contribution in [-0.2, 0) is 20.7 Å². The first-order valence-electron chi connectivity index (χ1n) is 8.11. The van der Waals surface area contributed by atoms with Gasteiger partial charge in [0, 0.05) is 5.38 Å². The average Bonchev–Trinajstić information content (AvgIpc) is 3.35. The van der Waals surface area contributed by atoms with Crippen molar-refractivity contribution in [3.8, 4) is 10.7 Å². The number of thiophene rings is 1. The van der Waals surface area contributed by atoms with Crippen LogP contribution in [-0.4, -0.2) is 38.2 Å². The smallest absolute Gasteiger partial charge is 0.311 e. The molecule has 3 heterocycles. The fourth-order valence-corrected chi connectivity index (χ4v) is 4.09. The molecule has 1 amide bonds. The van der Waals surface area contributed by atoms with Gasteiger partial charge in [0.25, 0.3) is 0 Å². The first-order chi connectivity index (χ1) is 13.0. The standard InChI is InChI=1S/C16H17N5O3S3/c1-3-24-12(22)7-10-8-27-15(17-10)18-14(23)9(2)21-13(19-20-16(21)25)11-5-4-6-26-11/h4-6,8-9H,3,7H2,1-2H3,(H,20,25)(H,17,18,23). The molecule has 0 saturated heterocycles. The zero-order valence-electron chi connectivity index (χ0n) is 14.6. The zero-order chi connectivity index (χ0) is 19.4. The number of carbonyl (C=O) groups is 2. The van der Waals surface area contributed by atoms with Gasteiger partial charge >= 0.3 is 5.97 Å². The number of ether oxygens (including phenoxy) is 1. The Morgan fingerprint density at radius 2 is 2.26 bits per heavy atom. The van der Waals surface area contributed by atoms with Crippen LogP contribution in [0.1, 0.15) is 25.6 Å². The molecule has 3 aromatic rings. The summed E-state index contributed by atoms with van der Waals surface area (Å²) in [5, 5.41) is 13.8. The molecule has 1 atom stereocenters. The van der Waals surface area contributed by atoms with E-state index in [1.165, 1.54) is 22.7 Å². The molecule has 11 heteroatoms. The van der Waals surface area contributed by atoms with Crippen molar-refractivity contribution in [2.75, 3.05) is 11.9 Å². The molecular formula is C16H17N5O3S3. The Labute approximate surface area is 168 Å². The number of carbonyl (C=O) groups excluding carboxylic acids is 2. The Bertz CT molecular complexity index is 989. The van der Waals surface area contributed by atoms with Gasteiger partial charge in [0.2, 0.25) is 5.91 Å². The predicted octanol–water partition coefficient (Wildman–Crippen LogP) is 3.43. The predicted molar refractivity (Wildman–Crippen MR) is 107 cm³/mol. The molecule has 3 aromatic heterocycles. The van der Waals surface area contributed by atoms with Gasteiger partial charge < -0.3 is 10.1 Å². The molecule has 0 aliphatic carbocycles. The van der Waals surface area contributed by atoms with Gasteiger partial charge in [0.05, 0.1) is 23.6 Å². The average molecular weight is 424 g/mol. The molecule has 0 aliphatic rings. The van der Waals surface area contributed by atoms with Crippen LogP contribution in [0.5, 0.6) is 0 Å². The molecule has 27 heavy (non-hydrogen) atoms. The summed E-state index contributed by atoms with van der Waals surface area (Å²) in [4.78, 5) is 29.4. The summed E-state index contributed by atoms with van der Waals surface area (Å²) in [6.07, 6.45) is 0.0745. The fraction of sp³-hybridized carbons (Fsp3) is 0.312. The lowest BCUT2D eigenvalue weighted by molar-refractivity contribution is -0.142. The second kappa shape index (κ2) is 8.55. The first kappa shape index (κ1) is 19.4. The maximum Gasteiger partial charge on any atom is 0.311 e. The van der Waals surface area contributed by atoms with E-state index >= 15 is 0 Å². The van der Waals surface area contributed by atoms with E-state index in [9.17, 15) is 9.59 Å². The van der Waals surface area contributed by atoms with Crippen LogP contribution in [0.15, 0.2) is 22.9 Å². The van der Waals surface area contributed by atoms with E-state index in [1.54, 1.807) is 23.8 Å². The summed E-state index contributed by atoms with van der Waals surface area (Å²) in [5.41, 5.74) is 0.556. The molecule has 142 valence electrons. The van der Waals surface area contributed by atoms with Gasteiger partial charge in [-0.3, -0.25) is 19.3 Å². The van der Waals surface area contributed by atoms with E-state index in [2.05, 4.69) is 20.5 Å². The second-order valence-corrected chi connectivity index (χ2v) is 7.68. The van der Waals surface area contributed by atoms with Gasteiger partial charge in [-0.15, -0.1) is 22.7 Å². The minimum Gasteiger partial charge on any atom is -0.466 e. The number of nitrogens with one attached hydrogen (secondary N) is 2. The van der Waals surface area contributed by atoms with E-state index in [4.69, 9.17) is 17.0 Å². The normalized spacial score (nSPS) is 11.9. The number of nitrogens with zero attached hydrogens (tertiary/aromatic N) is 3. The highest BCUT2D eigenvalue weighted by Gasteiger charge is 2.22. The minimum atomic E-state index is -0.592. The lowest BCUT2D eigenvalue weighted by atomic mass is 10.3. The third-order valence-corrected chi connectivity index (χ3v) is 5.59. The third kappa shape index (κ3) is 4.49. The molecule has 0 radical (unpaired) electrons. The van der Waals surface area contributed by atoms with E-state index in [-0.39, 0.29) is 18.3 Å². The number of anilines is 1. The summed E-state index contributed by atoms with van der Waals surface area (Å²) in [6, 6.07) is 3.23. The fourth-order valence-electron chi connectivity index (χ4n) is 2.38. The van der Waals surface area contributed by atoms with E-state index in [1.807, 2.05) is 17.5 Å². The van der Waals surface area contributed by atoms with Crippen molar-refractivity contribution in [1.82, 2.24) is 19.7 Å². The van der Waals surface area contributed by atoms with Crippen LogP contribution in [0.2, 0.25) is 0 Å². The molecule has 1 unspecified atom stereocenters. The minimum absolute atomic E-state index is 0.0745. The van der Waals surface area contributed by atoms with Crippen LogP contribution in [0.25, 0.3) is 10.7 Å². The second-order valence-electron chi connectivity index (χ2n) is 5.49. The molecule has 0 spiro atoms. The molecule has 8 nitrogen and oxygen atoms in total. The zero-order valence-corrected chi connectivity index (χ0v) is 17.0. The van der Waals surface area contributed by atoms with Crippen LogP contribution < -0.4 is 5.32 Å². The monoisotopic (exact) mass is 423 g/mol. The number of rotatable bonds is 7. The largest absolute Gasteiger partial charge is 0.466 e. The summed E-state index contributed by atoms with van der Waals surface area (Å²) in [6.45, 7) is 3.81. The third-order valence-electron chi connectivity index (χ3n) is 3.63. The van der Waals surface area contributed by atoms with Crippen molar-refractivity contribution >= 4 is 51.9 Å². The number of H-pyrrole nitrogens is 1. The number of amides is 1. The molecule has 0 bridgehead atoms. The van der Waals surface area contributed by atoms with Crippen molar-refractivity contribution in [1.29, 1.82) is 0 Å². The molecule has 0 aliphatic heterocycles. The Hall–Kier alpha value is -2.37. The van der Waals surface area contributed by atoms with Crippen molar-refractivity contribution in [2.45, 2.75) is 26.3 Å². The highest BCUT2D eigenvalue weighted by atomic mass is 32.1. The van der Waals surface area contributed by atoms with Crippen molar-refractivity contribution in [3.63, 3.8) is 0 Å². The lowest BCUT2D eigenvalue weighted by Gasteiger charge is -2.14. The molecule has 0 fully saturated rings.